The molecule has 24 heavy (non-hydrogen) atoms. The molecule has 1 aromatic heterocycles. The van der Waals surface area contributed by atoms with E-state index >= 15 is 0 Å². The number of carbonyl (C=O) groups is 1. The fraction of sp³-hybridized carbons (Fsp3) is 0.286. The maximum Gasteiger partial charge on any atom is 0.242 e. The normalized spacial score (nSPS) is 12.9. The SMILES string of the molecule is Cc1cc(CS(=O)(=O)[C@H](C)C(=O)Nc2ccc(F)c(F)c2F)no1. The van der Waals surface area contributed by atoms with Gasteiger partial charge in [0, 0.05) is 6.07 Å². The molecule has 0 fully saturated rings. The molecule has 0 aliphatic rings. The first-order valence-corrected chi connectivity index (χ1v) is 8.41. The summed E-state index contributed by atoms with van der Waals surface area (Å²) in [7, 11) is -3.98. The van der Waals surface area contributed by atoms with E-state index in [1.807, 2.05) is 5.32 Å². The summed E-state index contributed by atoms with van der Waals surface area (Å²) in [6.07, 6.45) is 0. The molecule has 0 radical (unpaired) electrons. The smallest absolute Gasteiger partial charge is 0.242 e. The van der Waals surface area contributed by atoms with Crippen LogP contribution in [-0.4, -0.2) is 24.7 Å². The summed E-state index contributed by atoms with van der Waals surface area (Å²) in [5, 5.41) is 3.89. The minimum atomic E-state index is -3.98. The van der Waals surface area contributed by atoms with E-state index < -0.39 is 49.9 Å². The van der Waals surface area contributed by atoms with Gasteiger partial charge in [0.25, 0.3) is 0 Å². The molecule has 0 saturated heterocycles. The first-order valence-electron chi connectivity index (χ1n) is 6.70. The maximum atomic E-state index is 13.5. The van der Waals surface area contributed by atoms with Crippen LogP contribution in [0.1, 0.15) is 18.4 Å². The number of aryl methyl sites for hydroxylation is 1. The molecule has 130 valence electrons. The van der Waals surface area contributed by atoms with Gasteiger partial charge in [-0.2, -0.15) is 0 Å². The number of aromatic nitrogens is 1. The number of amides is 1. The zero-order valence-electron chi connectivity index (χ0n) is 12.6. The third-order valence-electron chi connectivity index (χ3n) is 3.23. The minimum absolute atomic E-state index is 0.117. The van der Waals surface area contributed by atoms with Crippen molar-refractivity contribution < 1.29 is 30.9 Å². The van der Waals surface area contributed by atoms with Crippen LogP contribution in [0.2, 0.25) is 0 Å². The van der Waals surface area contributed by atoms with Crippen molar-refractivity contribution in [1.29, 1.82) is 0 Å². The summed E-state index contributed by atoms with van der Waals surface area (Å²) in [5.41, 5.74) is -0.538. The van der Waals surface area contributed by atoms with Crippen LogP contribution in [0.25, 0.3) is 0 Å². The van der Waals surface area contributed by atoms with E-state index in [0.717, 1.165) is 13.0 Å². The third kappa shape index (κ3) is 3.75. The van der Waals surface area contributed by atoms with Crippen LogP contribution in [0.5, 0.6) is 0 Å². The summed E-state index contributed by atoms with van der Waals surface area (Å²) < 4.78 is 68.6. The Balaban J connectivity index is 2.15. The Labute approximate surface area is 135 Å². The second-order valence-electron chi connectivity index (χ2n) is 5.09. The van der Waals surface area contributed by atoms with Crippen molar-refractivity contribution >= 4 is 21.4 Å². The summed E-state index contributed by atoms with van der Waals surface area (Å²) in [6, 6.07) is 2.81. The van der Waals surface area contributed by atoms with Crippen molar-refractivity contribution in [2.75, 3.05) is 5.32 Å². The maximum absolute atomic E-state index is 13.5. The predicted molar refractivity (Wildman–Crippen MR) is 78.3 cm³/mol. The Morgan fingerprint density at radius 3 is 2.54 bits per heavy atom. The van der Waals surface area contributed by atoms with Crippen LogP contribution in [0, 0.1) is 24.4 Å². The van der Waals surface area contributed by atoms with Crippen LogP contribution in [0.3, 0.4) is 0 Å². The van der Waals surface area contributed by atoms with Gasteiger partial charge in [-0.1, -0.05) is 5.16 Å². The second kappa shape index (κ2) is 6.63. The van der Waals surface area contributed by atoms with Crippen molar-refractivity contribution in [2.24, 2.45) is 0 Å². The Hall–Kier alpha value is -2.36. The molecule has 1 N–H and O–H groups in total. The average molecular weight is 362 g/mol. The number of nitrogens with zero attached hydrogens (tertiary/aromatic N) is 1. The first kappa shape index (κ1) is 18.0. The van der Waals surface area contributed by atoms with Crippen molar-refractivity contribution in [3.8, 4) is 0 Å². The van der Waals surface area contributed by atoms with E-state index in [-0.39, 0.29) is 5.69 Å². The van der Waals surface area contributed by atoms with Gasteiger partial charge in [-0.15, -0.1) is 0 Å². The molecule has 2 aromatic rings. The fourth-order valence-corrected chi connectivity index (χ4v) is 3.02. The lowest BCUT2D eigenvalue weighted by Crippen LogP contribution is -2.33. The molecule has 0 saturated carbocycles. The van der Waals surface area contributed by atoms with Gasteiger partial charge in [0.1, 0.15) is 11.0 Å². The lowest BCUT2D eigenvalue weighted by molar-refractivity contribution is -0.115. The van der Waals surface area contributed by atoms with Crippen molar-refractivity contribution in [3.63, 3.8) is 0 Å². The molecule has 0 unspecified atom stereocenters. The number of halogens is 3. The van der Waals surface area contributed by atoms with E-state index in [4.69, 9.17) is 4.52 Å². The molecule has 1 amide bonds. The minimum Gasteiger partial charge on any atom is -0.361 e. The molecule has 0 bridgehead atoms. The lowest BCUT2D eigenvalue weighted by Gasteiger charge is -2.13. The second-order valence-corrected chi connectivity index (χ2v) is 7.41. The largest absolute Gasteiger partial charge is 0.361 e. The first-order chi connectivity index (χ1) is 11.1. The molecular formula is C14H13F3N2O4S. The Morgan fingerprint density at radius 2 is 1.96 bits per heavy atom. The van der Waals surface area contributed by atoms with Crippen molar-refractivity contribution in [1.82, 2.24) is 5.16 Å². The van der Waals surface area contributed by atoms with Gasteiger partial charge in [0.05, 0.1) is 17.1 Å². The molecule has 0 aliphatic heterocycles. The molecular weight excluding hydrogens is 349 g/mol. The zero-order chi connectivity index (χ0) is 18.1. The quantitative estimate of drug-likeness (QED) is 0.825. The lowest BCUT2D eigenvalue weighted by atomic mass is 10.2. The molecule has 2 rings (SSSR count). The molecule has 1 aromatic carbocycles. The highest BCUT2D eigenvalue weighted by Crippen LogP contribution is 2.21. The third-order valence-corrected chi connectivity index (χ3v) is 5.22. The highest BCUT2D eigenvalue weighted by molar-refractivity contribution is 7.92. The summed E-state index contributed by atoms with van der Waals surface area (Å²) >= 11 is 0. The predicted octanol–water partition coefficient (Wildman–Crippen LogP) is 2.34. The monoisotopic (exact) mass is 362 g/mol. The summed E-state index contributed by atoms with van der Waals surface area (Å²) in [5.74, 6) is -6.03. The topological polar surface area (TPSA) is 89.3 Å². The van der Waals surface area contributed by atoms with E-state index in [1.54, 1.807) is 6.92 Å². The van der Waals surface area contributed by atoms with Gasteiger partial charge in [-0.05, 0) is 26.0 Å². The van der Waals surface area contributed by atoms with E-state index in [2.05, 4.69) is 5.16 Å². The van der Waals surface area contributed by atoms with E-state index in [0.29, 0.717) is 11.8 Å². The number of nitrogens with one attached hydrogen (secondary N) is 1. The van der Waals surface area contributed by atoms with Crippen LogP contribution in [0.15, 0.2) is 22.7 Å². The average Bonchev–Trinajstić information content (AvgIpc) is 2.91. The van der Waals surface area contributed by atoms with Crippen LogP contribution in [-0.2, 0) is 20.4 Å². The Morgan fingerprint density at radius 1 is 1.29 bits per heavy atom. The van der Waals surface area contributed by atoms with Crippen molar-refractivity contribution in [3.05, 3.63) is 47.1 Å². The van der Waals surface area contributed by atoms with Crippen LogP contribution < -0.4 is 5.32 Å². The van der Waals surface area contributed by atoms with E-state index in [9.17, 15) is 26.4 Å². The molecule has 0 spiro atoms. The van der Waals surface area contributed by atoms with Gasteiger partial charge >= 0.3 is 0 Å². The molecule has 0 aliphatic carbocycles. The number of hydrogen-bond acceptors (Lipinski definition) is 5. The standard InChI is InChI=1S/C14H13F3N2O4S/c1-7-5-9(19-23-7)6-24(21,22)8(2)14(20)18-11-4-3-10(15)12(16)13(11)17/h3-5,8H,6H2,1-2H3,(H,18,20)/t8-/m1/s1. The van der Waals surface area contributed by atoms with Gasteiger partial charge in [-0.25, -0.2) is 21.6 Å². The molecule has 10 heteroatoms. The number of sulfone groups is 1. The highest BCUT2D eigenvalue weighted by Gasteiger charge is 2.30. The fourth-order valence-electron chi connectivity index (χ4n) is 1.84. The van der Waals surface area contributed by atoms with Gasteiger partial charge in [-0.3, -0.25) is 4.79 Å². The Bertz CT molecular complexity index is 880. The number of benzene rings is 1. The van der Waals surface area contributed by atoms with E-state index in [1.165, 1.54) is 6.07 Å². The number of anilines is 1. The zero-order valence-corrected chi connectivity index (χ0v) is 13.5. The highest BCUT2D eigenvalue weighted by atomic mass is 32.2. The number of rotatable bonds is 5. The summed E-state index contributed by atoms with van der Waals surface area (Å²) in [6.45, 7) is 2.67. The van der Waals surface area contributed by atoms with Crippen LogP contribution >= 0.6 is 0 Å². The number of carbonyl (C=O) groups excluding carboxylic acids is 1. The molecule has 6 nitrogen and oxygen atoms in total. The van der Waals surface area contributed by atoms with Gasteiger partial charge < -0.3 is 9.84 Å². The van der Waals surface area contributed by atoms with Crippen LogP contribution in [0.4, 0.5) is 18.9 Å². The number of hydrogen-bond donors (Lipinski definition) is 1. The van der Waals surface area contributed by atoms with Crippen molar-refractivity contribution in [2.45, 2.75) is 24.9 Å². The Kier molecular flexibility index (Phi) is 4.97. The van der Waals surface area contributed by atoms with Gasteiger partial charge in [0.2, 0.25) is 5.91 Å². The molecule has 1 heterocycles. The molecule has 1 atom stereocenters. The summed E-state index contributed by atoms with van der Waals surface area (Å²) in [4.78, 5) is 12.0. The van der Waals surface area contributed by atoms with Gasteiger partial charge in [0.15, 0.2) is 27.3 Å².